The molecule has 3 atom stereocenters. The molecule has 0 bridgehead atoms. The molecule has 2 rings (SSSR count). The average Bonchev–Trinajstić information content (AvgIpc) is 2.93. The number of nitrogens with one attached hydrogen (secondary N) is 1. The standard InChI is InChI=1S/C14H23F3N2O2S/c1-22-11-3-2-10(8-11)18-13(21)19-6-4-9(5-7-19)12(20)14(15,16)17/h9-12,20H,2-8H2,1H3,(H,18,21)/t10-,11-,12-/m1/s1. The fourth-order valence-corrected chi connectivity index (χ4v) is 4.03. The van der Waals surface area contributed by atoms with Gasteiger partial charge < -0.3 is 15.3 Å². The zero-order valence-electron chi connectivity index (χ0n) is 12.6. The van der Waals surface area contributed by atoms with E-state index < -0.39 is 18.2 Å². The first-order valence-corrected chi connectivity index (χ1v) is 8.93. The van der Waals surface area contributed by atoms with E-state index in [0.29, 0.717) is 5.25 Å². The molecule has 1 saturated carbocycles. The number of aliphatic hydroxyl groups excluding tert-OH is 1. The molecular weight excluding hydrogens is 317 g/mol. The van der Waals surface area contributed by atoms with E-state index in [-0.39, 0.29) is 38.0 Å². The average molecular weight is 340 g/mol. The molecule has 0 unspecified atom stereocenters. The number of thioether (sulfide) groups is 1. The van der Waals surface area contributed by atoms with Crippen molar-refractivity contribution in [2.24, 2.45) is 5.92 Å². The molecule has 128 valence electrons. The van der Waals surface area contributed by atoms with Gasteiger partial charge in [-0.3, -0.25) is 0 Å². The van der Waals surface area contributed by atoms with Crippen LogP contribution in [0, 0.1) is 5.92 Å². The van der Waals surface area contributed by atoms with Crippen LogP contribution in [0.15, 0.2) is 0 Å². The first kappa shape index (κ1) is 17.7. The van der Waals surface area contributed by atoms with Gasteiger partial charge in [-0.25, -0.2) is 4.79 Å². The summed E-state index contributed by atoms with van der Waals surface area (Å²) in [4.78, 5) is 13.7. The van der Waals surface area contributed by atoms with Crippen LogP contribution in [0.2, 0.25) is 0 Å². The monoisotopic (exact) mass is 340 g/mol. The Morgan fingerprint density at radius 3 is 2.41 bits per heavy atom. The van der Waals surface area contributed by atoms with Gasteiger partial charge in [0.2, 0.25) is 0 Å². The number of amides is 2. The van der Waals surface area contributed by atoms with Crippen molar-refractivity contribution in [3.05, 3.63) is 0 Å². The van der Waals surface area contributed by atoms with Crippen LogP contribution in [0.4, 0.5) is 18.0 Å². The van der Waals surface area contributed by atoms with Gasteiger partial charge in [-0.1, -0.05) is 0 Å². The first-order valence-electron chi connectivity index (χ1n) is 7.64. The van der Waals surface area contributed by atoms with Crippen molar-refractivity contribution in [2.75, 3.05) is 19.3 Å². The van der Waals surface area contributed by atoms with Crippen LogP contribution in [-0.2, 0) is 0 Å². The molecule has 1 aliphatic carbocycles. The lowest BCUT2D eigenvalue weighted by atomic mass is 9.91. The van der Waals surface area contributed by atoms with Gasteiger partial charge in [0.1, 0.15) is 0 Å². The van der Waals surface area contributed by atoms with Crippen LogP contribution in [0.1, 0.15) is 32.1 Å². The van der Waals surface area contributed by atoms with E-state index in [4.69, 9.17) is 0 Å². The van der Waals surface area contributed by atoms with Crippen molar-refractivity contribution in [1.29, 1.82) is 0 Å². The van der Waals surface area contributed by atoms with Crippen molar-refractivity contribution >= 4 is 17.8 Å². The van der Waals surface area contributed by atoms with Gasteiger partial charge in [-0.15, -0.1) is 0 Å². The van der Waals surface area contributed by atoms with Gasteiger partial charge in [-0.05, 0) is 44.3 Å². The van der Waals surface area contributed by atoms with Crippen LogP contribution in [-0.4, -0.2) is 59.0 Å². The van der Waals surface area contributed by atoms with Gasteiger partial charge >= 0.3 is 12.2 Å². The quantitative estimate of drug-likeness (QED) is 0.830. The van der Waals surface area contributed by atoms with Gasteiger partial charge in [0.25, 0.3) is 0 Å². The molecule has 0 aromatic heterocycles. The Hall–Kier alpha value is -0.630. The van der Waals surface area contributed by atoms with Crippen molar-refractivity contribution in [2.45, 2.75) is 55.7 Å². The molecule has 0 aromatic rings. The van der Waals surface area contributed by atoms with E-state index in [0.717, 1.165) is 19.3 Å². The van der Waals surface area contributed by atoms with Gasteiger partial charge in [0, 0.05) is 24.4 Å². The fourth-order valence-electron chi connectivity index (χ4n) is 3.24. The third kappa shape index (κ3) is 4.44. The number of aliphatic hydroxyl groups is 1. The number of halogens is 3. The number of alkyl halides is 3. The van der Waals surface area contributed by atoms with Crippen LogP contribution < -0.4 is 5.32 Å². The predicted molar refractivity (Wildman–Crippen MR) is 79.8 cm³/mol. The number of rotatable bonds is 3. The fraction of sp³-hybridized carbons (Fsp3) is 0.929. The number of urea groups is 1. The molecule has 1 aliphatic heterocycles. The molecule has 2 amide bonds. The number of nitrogens with zero attached hydrogens (tertiary/aromatic N) is 1. The summed E-state index contributed by atoms with van der Waals surface area (Å²) in [6.45, 7) is 0.532. The lowest BCUT2D eigenvalue weighted by Crippen LogP contribution is -2.49. The summed E-state index contributed by atoms with van der Waals surface area (Å²) in [5.41, 5.74) is 0. The summed E-state index contributed by atoms with van der Waals surface area (Å²) in [6.07, 6.45) is -1.42. The van der Waals surface area contributed by atoms with Crippen molar-refractivity contribution in [3.63, 3.8) is 0 Å². The Morgan fingerprint density at radius 2 is 1.91 bits per heavy atom. The number of piperidine rings is 1. The predicted octanol–water partition coefficient (Wildman–Crippen LogP) is 2.62. The highest BCUT2D eigenvalue weighted by molar-refractivity contribution is 7.99. The maximum atomic E-state index is 12.5. The smallest absolute Gasteiger partial charge is 0.383 e. The Morgan fingerprint density at radius 1 is 1.27 bits per heavy atom. The SMILES string of the molecule is CS[C@@H]1CC[C@@H](NC(=O)N2CCC([C@@H](O)C(F)(F)F)CC2)C1. The second-order valence-electron chi connectivity index (χ2n) is 6.13. The maximum Gasteiger partial charge on any atom is 0.414 e. The van der Waals surface area contributed by atoms with Crippen molar-refractivity contribution in [1.82, 2.24) is 10.2 Å². The minimum atomic E-state index is -4.58. The number of carbonyl (C=O) groups excluding carboxylic acids is 1. The van der Waals surface area contributed by atoms with Gasteiger partial charge in [0.05, 0.1) is 0 Å². The van der Waals surface area contributed by atoms with E-state index in [1.54, 1.807) is 16.7 Å². The summed E-state index contributed by atoms with van der Waals surface area (Å²) < 4.78 is 37.5. The van der Waals surface area contributed by atoms with E-state index >= 15 is 0 Å². The van der Waals surface area contributed by atoms with Crippen LogP contribution in [0.3, 0.4) is 0 Å². The Bertz CT molecular complexity index is 387. The van der Waals surface area contributed by atoms with Gasteiger partial charge in [-0.2, -0.15) is 24.9 Å². The minimum absolute atomic E-state index is 0.170. The summed E-state index contributed by atoms with van der Waals surface area (Å²) in [5, 5.41) is 12.8. The molecule has 0 aromatic carbocycles. The summed E-state index contributed by atoms with van der Waals surface area (Å²) in [5.74, 6) is -0.809. The summed E-state index contributed by atoms with van der Waals surface area (Å²) in [6, 6.07) is -0.0184. The van der Waals surface area contributed by atoms with Crippen LogP contribution in [0.5, 0.6) is 0 Å². The lowest BCUT2D eigenvalue weighted by Gasteiger charge is -2.35. The Labute approximate surface area is 132 Å². The Kier molecular flexibility index (Phi) is 5.87. The second-order valence-corrected chi connectivity index (χ2v) is 7.27. The summed E-state index contributed by atoms with van der Waals surface area (Å²) in [7, 11) is 0. The highest BCUT2D eigenvalue weighted by atomic mass is 32.2. The van der Waals surface area contributed by atoms with Crippen LogP contribution >= 0.6 is 11.8 Å². The van der Waals surface area contributed by atoms with E-state index in [1.165, 1.54) is 0 Å². The number of hydrogen-bond donors (Lipinski definition) is 2. The first-order chi connectivity index (χ1) is 10.3. The van der Waals surface area contributed by atoms with E-state index in [1.807, 2.05) is 0 Å². The highest BCUT2D eigenvalue weighted by Crippen LogP contribution is 2.32. The molecular formula is C14H23F3N2O2S. The van der Waals surface area contributed by atoms with E-state index in [9.17, 15) is 23.1 Å². The second kappa shape index (κ2) is 7.29. The molecule has 0 spiro atoms. The van der Waals surface area contributed by atoms with Crippen LogP contribution in [0.25, 0.3) is 0 Å². The molecule has 2 aliphatic rings. The Balaban J connectivity index is 1.76. The maximum absolute atomic E-state index is 12.5. The highest BCUT2D eigenvalue weighted by Gasteiger charge is 2.44. The lowest BCUT2D eigenvalue weighted by molar-refractivity contribution is -0.222. The largest absolute Gasteiger partial charge is 0.414 e. The topological polar surface area (TPSA) is 52.6 Å². The normalized spacial score (nSPS) is 28.7. The van der Waals surface area contributed by atoms with Gasteiger partial charge in [0.15, 0.2) is 6.10 Å². The third-order valence-corrected chi connectivity index (χ3v) is 5.75. The summed E-state index contributed by atoms with van der Waals surface area (Å²) >= 11 is 1.81. The molecule has 2 fully saturated rings. The van der Waals surface area contributed by atoms with E-state index in [2.05, 4.69) is 11.6 Å². The number of likely N-dealkylation sites (tertiary alicyclic amines) is 1. The molecule has 0 radical (unpaired) electrons. The molecule has 22 heavy (non-hydrogen) atoms. The molecule has 4 nitrogen and oxygen atoms in total. The van der Waals surface area contributed by atoms with Crippen molar-refractivity contribution in [3.8, 4) is 0 Å². The molecule has 2 N–H and O–H groups in total. The zero-order chi connectivity index (χ0) is 16.3. The molecule has 1 heterocycles. The van der Waals surface area contributed by atoms with Crippen molar-refractivity contribution < 1.29 is 23.1 Å². The number of carbonyl (C=O) groups is 1. The minimum Gasteiger partial charge on any atom is -0.383 e. The third-order valence-electron chi connectivity index (χ3n) is 4.65. The molecule has 1 saturated heterocycles. The number of hydrogen-bond acceptors (Lipinski definition) is 3. The molecule has 8 heteroatoms. The zero-order valence-corrected chi connectivity index (χ0v) is 13.4.